The van der Waals surface area contributed by atoms with Gasteiger partial charge in [0.25, 0.3) is 0 Å². The van der Waals surface area contributed by atoms with E-state index in [9.17, 15) is 25.5 Å². The zero-order valence-corrected chi connectivity index (χ0v) is 13.0. The Kier molecular flexibility index (Phi) is 6.87. The molecule has 0 bridgehead atoms. The van der Waals surface area contributed by atoms with Gasteiger partial charge in [-0.15, -0.1) is 0 Å². The molecule has 0 aromatic carbocycles. The maximum atomic E-state index is 10.2. The van der Waals surface area contributed by atoms with Gasteiger partial charge in [-0.2, -0.15) is 0 Å². The van der Waals surface area contributed by atoms with Gasteiger partial charge in [-0.3, -0.25) is 0 Å². The van der Waals surface area contributed by atoms with Gasteiger partial charge in [0, 0.05) is 7.11 Å². The van der Waals surface area contributed by atoms with Crippen molar-refractivity contribution >= 4 is 0 Å². The highest BCUT2D eigenvalue weighted by Gasteiger charge is 2.51. The molecule has 2 fully saturated rings. The number of hydrogen-bond acceptors (Lipinski definition) is 11. The number of aliphatic hydroxyl groups is 7. The lowest BCUT2D eigenvalue weighted by Crippen LogP contribution is -2.65. The van der Waals surface area contributed by atoms with Gasteiger partial charge >= 0.3 is 0 Å². The van der Waals surface area contributed by atoms with Gasteiger partial charge < -0.3 is 54.7 Å². The number of rotatable bonds is 5. The van der Waals surface area contributed by atoms with Gasteiger partial charge in [-0.1, -0.05) is 0 Å². The van der Waals surface area contributed by atoms with Gasteiger partial charge in [-0.05, 0) is 0 Å². The minimum atomic E-state index is -1.73. The van der Waals surface area contributed by atoms with E-state index in [4.69, 9.17) is 29.2 Å². The van der Waals surface area contributed by atoms with E-state index < -0.39 is 74.6 Å². The summed E-state index contributed by atoms with van der Waals surface area (Å²) in [6, 6.07) is 0. The fraction of sp³-hybridized carbons (Fsp3) is 1.00. The van der Waals surface area contributed by atoms with Gasteiger partial charge in [-0.25, -0.2) is 0 Å². The fourth-order valence-electron chi connectivity index (χ4n) is 2.80. The molecule has 1 unspecified atom stereocenters. The van der Waals surface area contributed by atoms with Crippen LogP contribution in [0.2, 0.25) is 0 Å². The van der Waals surface area contributed by atoms with Crippen molar-refractivity contribution in [2.75, 3.05) is 20.3 Å². The monoisotopic (exact) mass is 356 g/mol. The van der Waals surface area contributed by atoms with E-state index in [1.165, 1.54) is 7.11 Å². The largest absolute Gasteiger partial charge is 0.394 e. The van der Waals surface area contributed by atoms with Crippen LogP contribution in [0.5, 0.6) is 0 Å². The van der Waals surface area contributed by atoms with Crippen molar-refractivity contribution in [3.8, 4) is 0 Å². The third-order valence-corrected chi connectivity index (χ3v) is 4.21. The molecule has 0 aromatic rings. The Bertz CT molecular complexity index is 394. The van der Waals surface area contributed by atoms with Gasteiger partial charge in [0.2, 0.25) is 0 Å². The molecule has 0 amide bonds. The van der Waals surface area contributed by atoms with E-state index >= 15 is 0 Å². The highest BCUT2D eigenvalue weighted by Crippen LogP contribution is 2.29. The smallest absolute Gasteiger partial charge is 0.186 e. The lowest BCUT2D eigenvalue weighted by atomic mass is 9.96. The van der Waals surface area contributed by atoms with E-state index in [0.717, 1.165) is 0 Å². The summed E-state index contributed by atoms with van der Waals surface area (Å²) in [6.07, 6.45) is -14.3. The minimum absolute atomic E-state index is 0.571. The number of hydrogen-bond donors (Lipinski definition) is 7. The number of aliphatic hydroxyl groups excluding tert-OH is 7. The van der Waals surface area contributed by atoms with Crippen molar-refractivity contribution in [2.45, 2.75) is 61.4 Å². The topological polar surface area (TPSA) is 179 Å². The molecule has 2 aliphatic rings. The maximum Gasteiger partial charge on any atom is 0.186 e. The first-order valence-corrected chi connectivity index (χ1v) is 7.46. The molecular weight excluding hydrogens is 332 g/mol. The Morgan fingerprint density at radius 2 is 1.33 bits per heavy atom. The zero-order valence-electron chi connectivity index (χ0n) is 13.0. The van der Waals surface area contributed by atoms with Crippen molar-refractivity contribution in [3.05, 3.63) is 0 Å². The summed E-state index contributed by atoms with van der Waals surface area (Å²) in [4.78, 5) is 0. The third-order valence-electron chi connectivity index (χ3n) is 4.21. The van der Waals surface area contributed by atoms with Crippen LogP contribution in [-0.4, -0.2) is 117 Å². The summed E-state index contributed by atoms with van der Waals surface area (Å²) in [5.74, 6) is 0. The highest BCUT2D eigenvalue weighted by atomic mass is 16.7. The fourth-order valence-corrected chi connectivity index (χ4v) is 2.80. The van der Waals surface area contributed by atoms with Crippen LogP contribution in [0.3, 0.4) is 0 Å². The van der Waals surface area contributed by atoms with Crippen molar-refractivity contribution in [2.24, 2.45) is 0 Å². The average Bonchev–Trinajstić information content (AvgIpc) is 2.58. The third kappa shape index (κ3) is 3.71. The van der Waals surface area contributed by atoms with Crippen LogP contribution in [0.15, 0.2) is 0 Å². The predicted octanol–water partition coefficient (Wildman–Crippen LogP) is -4.74. The molecule has 24 heavy (non-hydrogen) atoms. The van der Waals surface area contributed by atoms with Crippen molar-refractivity contribution in [1.29, 1.82) is 0 Å². The molecule has 2 aliphatic heterocycles. The number of methoxy groups -OCH3 is 1. The standard InChI is InChI=1S/C13H24O11/c1-21-13-11(8(18)6(16)4(2-14)23-13)24-10-7(17)5(3-15)22-12(20)9(10)19/h4-20H,2-3H2,1H3/t4-,5-,6-,7-,8+,9-,10+,11+,12?,13+/m1/s1. The normalized spacial score (nSPS) is 50.0. The first kappa shape index (κ1) is 19.9. The first-order valence-electron chi connectivity index (χ1n) is 7.46. The summed E-state index contributed by atoms with van der Waals surface area (Å²) < 4.78 is 20.5. The lowest BCUT2D eigenvalue weighted by Gasteiger charge is -2.46. The van der Waals surface area contributed by atoms with Crippen molar-refractivity contribution in [3.63, 3.8) is 0 Å². The maximum absolute atomic E-state index is 10.2. The van der Waals surface area contributed by atoms with Gasteiger partial charge in [0.15, 0.2) is 12.6 Å². The van der Waals surface area contributed by atoms with Crippen LogP contribution in [0.25, 0.3) is 0 Å². The molecule has 10 atom stereocenters. The molecule has 0 aromatic heterocycles. The summed E-state index contributed by atoms with van der Waals surface area (Å²) in [6.45, 7) is -1.21. The second-order valence-electron chi connectivity index (χ2n) is 5.74. The van der Waals surface area contributed by atoms with Crippen LogP contribution < -0.4 is 0 Å². The molecule has 7 N–H and O–H groups in total. The molecule has 0 radical (unpaired) electrons. The molecule has 2 heterocycles. The molecule has 2 rings (SSSR count). The van der Waals surface area contributed by atoms with Crippen LogP contribution in [0.4, 0.5) is 0 Å². The Balaban J connectivity index is 2.16. The van der Waals surface area contributed by atoms with Crippen molar-refractivity contribution < 1.29 is 54.7 Å². The Labute approximate surface area is 137 Å². The summed E-state index contributed by atoms with van der Waals surface area (Å²) in [5, 5.41) is 68.1. The lowest BCUT2D eigenvalue weighted by molar-refractivity contribution is -0.346. The van der Waals surface area contributed by atoms with Gasteiger partial charge in [0.05, 0.1) is 13.2 Å². The molecule has 142 valence electrons. The van der Waals surface area contributed by atoms with Crippen LogP contribution in [0.1, 0.15) is 0 Å². The highest BCUT2D eigenvalue weighted by molar-refractivity contribution is 4.95. The van der Waals surface area contributed by atoms with E-state index in [1.54, 1.807) is 0 Å². The molecule has 0 spiro atoms. The van der Waals surface area contributed by atoms with Gasteiger partial charge in [0.1, 0.15) is 48.8 Å². The van der Waals surface area contributed by atoms with E-state index in [-0.39, 0.29) is 0 Å². The zero-order chi connectivity index (χ0) is 18.0. The predicted molar refractivity (Wildman–Crippen MR) is 73.4 cm³/mol. The summed E-state index contributed by atoms with van der Waals surface area (Å²) in [7, 11) is 1.24. The molecule has 2 saturated heterocycles. The van der Waals surface area contributed by atoms with Crippen LogP contribution >= 0.6 is 0 Å². The Hall–Kier alpha value is -0.440. The molecule has 0 saturated carbocycles. The summed E-state index contributed by atoms with van der Waals surface area (Å²) in [5.41, 5.74) is 0. The van der Waals surface area contributed by atoms with E-state index in [2.05, 4.69) is 0 Å². The number of ether oxygens (including phenoxy) is 4. The van der Waals surface area contributed by atoms with E-state index in [1.807, 2.05) is 0 Å². The molecule has 11 nitrogen and oxygen atoms in total. The Morgan fingerprint density at radius 3 is 1.88 bits per heavy atom. The molecule has 0 aliphatic carbocycles. The second kappa shape index (κ2) is 8.29. The minimum Gasteiger partial charge on any atom is -0.394 e. The van der Waals surface area contributed by atoms with Crippen LogP contribution in [-0.2, 0) is 18.9 Å². The first-order chi connectivity index (χ1) is 11.3. The average molecular weight is 356 g/mol. The SMILES string of the molecule is CO[C@H]1O[C@H](CO)[C@@H](O)[C@H](O)[C@@H]1O[C@H]1[C@H](O)[C@@H](CO)OC(O)[C@@H]1O. The molecular formula is C13H24O11. The Morgan fingerprint density at radius 1 is 0.750 bits per heavy atom. The van der Waals surface area contributed by atoms with Crippen molar-refractivity contribution in [1.82, 2.24) is 0 Å². The molecule has 11 heteroatoms. The van der Waals surface area contributed by atoms with Crippen LogP contribution in [0, 0.1) is 0 Å². The second-order valence-corrected chi connectivity index (χ2v) is 5.74. The quantitative estimate of drug-likeness (QED) is 0.251. The van der Waals surface area contributed by atoms with E-state index in [0.29, 0.717) is 0 Å². The summed E-state index contributed by atoms with van der Waals surface area (Å²) >= 11 is 0.